The van der Waals surface area contributed by atoms with Gasteiger partial charge in [-0.05, 0) is 55.8 Å². The molecular formula is C22H26N4O4. The van der Waals surface area contributed by atoms with Gasteiger partial charge in [-0.2, -0.15) is 0 Å². The van der Waals surface area contributed by atoms with Gasteiger partial charge in [0, 0.05) is 26.1 Å². The average Bonchev–Trinajstić information content (AvgIpc) is 3.34. The van der Waals surface area contributed by atoms with E-state index in [-0.39, 0.29) is 18.7 Å². The van der Waals surface area contributed by atoms with E-state index in [9.17, 15) is 19.2 Å². The Labute approximate surface area is 175 Å². The van der Waals surface area contributed by atoms with Crippen LogP contribution in [0.15, 0.2) is 18.2 Å². The SMILES string of the molecule is CNCC1CN(Cc2cccc3c2C(=O)N(C2CCC(=O)NC2=O)C3=O)CC12CC2. The lowest BCUT2D eigenvalue weighted by atomic mass is 9.93. The van der Waals surface area contributed by atoms with Gasteiger partial charge in [0.1, 0.15) is 6.04 Å². The highest BCUT2D eigenvalue weighted by Gasteiger charge is 2.54. The summed E-state index contributed by atoms with van der Waals surface area (Å²) >= 11 is 0. The van der Waals surface area contributed by atoms with Crippen molar-refractivity contribution in [3.63, 3.8) is 0 Å². The molecule has 5 rings (SSSR count). The molecule has 0 radical (unpaired) electrons. The van der Waals surface area contributed by atoms with Crippen molar-refractivity contribution in [1.29, 1.82) is 0 Å². The highest BCUT2D eigenvalue weighted by atomic mass is 16.2. The predicted molar refractivity (Wildman–Crippen MR) is 107 cm³/mol. The number of benzene rings is 1. The summed E-state index contributed by atoms with van der Waals surface area (Å²) in [6, 6.07) is 4.44. The third kappa shape index (κ3) is 2.97. The second kappa shape index (κ2) is 6.99. The number of piperidine rings is 1. The van der Waals surface area contributed by atoms with E-state index in [0.717, 1.165) is 30.1 Å². The molecule has 8 nitrogen and oxygen atoms in total. The van der Waals surface area contributed by atoms with Gasteiger partial charge in [0.15, 0.2) is 0 Å². The maximum atomic E-state index is 13.2. The van der Waals surface area contributed by atoms with Crippen LogP contribution in [-0.4, -0.2) is 66.2 Å². The average molecular weight is 410 g/mol. The van der Waals surface area contributed by atoms with Gasteiger partial charge in [-0.15, -0.1) is 0 Å². The van der Waals surface area contributed by atoms with Crippen molar-refractivity contribution in [2.24, 2.45) is 11.3 Å². The van der Waals surface area contributed by atoms with Crippen LogP contribution in [0.1, 0.15) is 52.0 Å². The van der Waals surface area contributed by atoms with Crippen LogP contribution in [0.3, 0.4) is 0 Å². The Bertz CT molecular complexity index is 954. The number of imide groups is 2. The van der Waals surface area contributed by atoms with Crippen LogP contribution >= 0.6 is 0 Å². The van der Waals surface area contributed by atoms with Crippen molar-refractivity contribution >= 4 is 23.6 Å². The van der Waals surface area contributed by atoms with Gasteiger partial charge in [-0.1, -0.05) is 12.1 Å². The lowest BCUT2D eigenvalue weighted by Crippen LogP contribution is -2.54. The first-order valence-electron chi connectivity index (χ1n) is 10.6. The standard InChI is InChI=1S/C22H26N4O4/c1-23-9-14-11-25(12-22(14)7-8-22)10-13-3-2-4-15-18(13)21(30)26(20(15)29)16-5-6-17(27)24-19(16)28/h2-4,14,16,23H,5-12H2,1H3,(H,24,27,28). The summed E-state index contributed by atoms with van der Waals surface area (Å²) in [6.45, 7) is 3.60. The number of carbonyl (C=O) groups is 4. The summed E-state index contributed by atoms with van der Waals surface area (Å²) in [7, 11) is 1.98. The molecule has 3 aliphatic heterocycles. The van der Waals surface area contributed by atoms with Crippen molar-refractivity contribution in [2.45, 2.75) is 38.3 Å². The van der Waals surface area contributed by atoms with Crippen molar-refractivity contribution in [3.8, 4) is 0 Å². The number of amides is 4. The van der Waals surface area contributed by atoms with Crippen LogP contribution in [-0.2, 0) is 16.1 Å². The molecule has 3 fully saturated rings. The zero-order valence-corrected chi connectivity index (χ0v) is 17.1. The molecule has 30 heavy (non-hydrogen) atoms. The largest absolute Gasteiger partial charge is 0.319 e. The number of carbonyl (C=O) groups excluding carboxylic acids is 4. The first-order chi connectivity index (χ1) is 14.4. The maximum Gasteiger partial charge on any atom is 0.262 e. The van der Waals surface area contributed by atoms with E-state index in [1.807, 2.05) is 13.1 Å². The van der Waals surface area contributed by atoms with Crippen LogP contribution < -0.4 is 10.6 Å². The van der Waals surface area contributed by atoms with Gasteiger partial charge >= 0.3 is 0 Å². The molecule has 2 N–H and O–H groups in total. The molecule has 0 aromatic heterocycles. The summed E-state index contributed by atoms with van der Waals surface area (Å²) in [5.74, 6) is -1.21. The summed E-state index contributed by atoms with van der Waals surface area (Å²) in [4.78, 5) is 53.4. The minimum atomic E-state index is -0.926. The minimum Gasteiger partial charge on any atom is -0.319 e. The normalized spacial score (nSPS) is 27.7. The molecule has 4 aliphatic rings. The van der Waals surface area contributed by atoms with Crippen LogP contribution in [0, 0.1) is 11.3 Å². The second-order valence-electron chi connectivity index (χ2n) is 9.07. The summed E-state index contributed by atoms with van der Waals surface area (Å²) in [5, 5.41) is 5.54. The Hall–Kier alpha value is -2.58. The van der Waals surface area contributed by atoms with E-state index in [2.05, 4.69) is 15.5 Å². The number of nitrogens with one attached hydrogen (secondary N) is 2. The molecule has 8 heteroatoms. The van der Waals surface area contributed by atoms with Gasteiger partial charge in [-0.3, -0.25) is 34.3 Å². The van der Waals surface area contributed by atoms with Crippen LogP contribution in [0.4, 0.5) is 0 Å². The van der Waals surface area contributed by atoms with E-state index in [0.29, 0.717) is 29.0 Å². The second-order valence-corrected chi connectivity index (χ2v) is 9.07. The van der Waals surface area contributed by atoms with Crippen molar-refractivity contribution < 1.29 is 19.2 Å². The lowest BCUT2D eigenvalue weighted by molar-refractivity contribution is -0.136. The Morgan fingerprint density at radius 2 is 1.97 bits per heavy atom. The molecule has 1 spiro atoms. The van der Waals surface area contributed by atoms with Crippen molar-refractivity contribution in [3.05, 3.63) is 34.9 Å². The van der Waals surface area contributed by atoms with E-state index >= 15 is 0 Å². The Morgan fingerprint density at radius 3 is 2.67 bits per heavy atom. The first-order valence-corrected chi connectivity index (χ1v) is 10.6. The third-order valence-electron chi connectivity index (χ3n) is 7.17. The molecule has 1 aromatic carbocycles. The van der Waals surface area contributed by atoms with Gasteiger partial charge in [-0.25, -0.2) is 0 Å². The smallest absolute Gasteiger partial charge is 0.262 e. The molecule has 2 atom stereocenters. The number of likely N-dealkylation sites (tertiary alicyclic amines) is 1. The maximum absolute atomic E-state index is 13.2. The zero-order valence-electron chi connectivity index (χ0n) is 17.1. The molecule has 2 unspecified atom stereocenters. The van der Waals surface area contributed by atoms with Crippen LogP contribution in [0.25, 0.3) is 0 Å². The summed E-state index contributed by atoms with van der Waals surface area (Å²) in [6.07, 6.45) is 2.80. The molecule has 0 bridgehead atoms. The molecule has 1 saturated carbocycles. The molecule has 1 aliphatic carbocycles. The van der Waals surface area contributed by atoms with Gasteiger partial charge < -0.3 is 5.32 Å². The minimum absolute atomic E-state index is 0.124. The van der Waals surface area contributed by atoms with Crippen molar-refractivity contribution in [2.75, 3.05) is 26.7 Å². The topological polar surface area (TPSA) is 98.8 Å². The Kier molecular flexibility index (Phi) is 4.52. The van der Waals surface area contributed by atoms with Crippen LogP contribution in [0.2, 0.25) is 0 Å². The van der Waals surface area contributed by atoms with E-state index < -0.39 is 23.8 Å². The molecule has 4 amide bonds. The monoisotopic (exact) mass is 410 g/mol. The Morgan fingerprint density at radius 1 is 1.17 bits per heavy atom. The quantitative estimate of drug-likeness (QED) is 0.687. The predicted octanol–water partition coefficient (Wildman–Crippen LogP) is 0.519. The van der Waals surface area contributed by atoms with Gasteiger partial charge in [0.05, 0.1) is 11.1 Å². The lowest BCUT2D eigenvalue weighted by Gasteiger charge is -2.28. The molecule has 2 saturated heterocycles. The van der Waals surface area contributed by atoms with E-state index in [1.54, 1.807) is 12.1 Å². The first kappa shape index (κ1) is 19.4. The van der Waals surface area contributed by atoms with E-state index in [4.69, 9.17) is 0 Å². The van der Waals surface area contributed by atoms with Gasteiger partial charge in [0.25, 0.3) is 11.8 Å². The number of hydrogen-bond acceptors (Lipinski definition) is 6. The molecular weight excluding hydrogens is 384 g/mol. The number of hydrogen-bond donors (Lipinski definition) is 2. The zero-order chi connectivity index (χ0) is 21.0. The van der Waals surface area contributed by atoms with Crippen LogP contribution in [0.5, 0.6) is 0 Å². The fraction of sp³-hybridized carbons (Fsp3) is 0.545. The fourth-order valence-electron chi connectivity index (χ4n) is 5.48. The summed E-state index contributed by atoms with van der Waals surface area (Å²) in [5.41, 5.74) is 2.00. The molecule has 3 heterocycles. The fourth-order valence-corrected chi connectivity index (χ4v) is 5.48. The van der Waals surface area contributed by atoms with E-state index in [1.165, 1.54) is 12.8 Å². The van der Waals surface area contributed by atoms with Gasteiger partial charge in [0.2, 0.25) is 11.8 Å². The summed E-state index contributed by atoms with van der Waals surface area (Å²) < 4.78 is 0. The highest BCUT2D eigenvalue weighted by molar-refractivity contribution is 6.24. The number of nitrogens with zero attached hydrogens (tertiary/aromatic N) is 2. The van der Waals surface area contributed by atoms with Crippen molar-refractivity contribution in [1.82, 2.24) is 20.4 Å². The third-order valence-corrected chi connectivity index (χ3v) is 7.17. The molecule has 158 valence electrons. The Balaban J connectivity index is 1.39. The number of fused-ring (bicyclic) bond motifs is 1. The molecule has 1 aromatic rings. The number of rotatable bonds is 5. The highest BCUT2D eigenvalue weighted by Crippen LogP contribution is 2.56.